The molecule has 2 aromatic rings. The predicted molar refractivity (Wildman–Crippen MR) is 63.9 cm³/mol. The Bertz CT molecular complexity index is 566. The van der Waals surface area contributed by atoms with Gasteiger partial charge in [0.1, 0.15) is 10.4 Å². The summed E-state index contributed by atoms with van der Waals surface area (Å²) in [6, 6.07) is 1.49. The molecule has 2 rings (SSSR count). The van der Waals surface area contributed by atoms with Crippen LogP contribution in [0, 0.1) is 0 Å². The van der Waals surface area contributed by atoms with E-state index in [0.717, 1.165) is 11.3 Å². The monoisotopic (exact) mass is 292 g/mol. The summed E-state index contributed by atoms with van der Waals surface area (Å²) >= 11 is 12.7. The standard InChI is InChI=1S/C9H6Cl2N2O3S/c10-4-1-3(8(11)17-4)7(14)5-6(9(15)16)13-2-12-5/h1-2,7,14H,(H,12,13)(H,15,16). The van der Waals surface area contributed by atoms with Crippen molar-refractivity contribution in [2.75, 3.05) is 0 Å². The fourth-order valence-electron chi connectivity index (χ4n) is 1.38. The summed E-state index contributed by atoms with van der Waals surface area (Å²) in [6.07, 6.45) is 0.00372. The van der Waals surface area contributed by atoms with Gasteiger partial charge in [-0.1, -0.05) is 23.2 Å². The van der Waals surface area contributed by atoms with Gasteiger partial charge >= 0.3 is 5.97 Å². The molecular weight excluding hydrogens is 287 g/mol. The summed E-state index contributed by atoms with van der Waals surface area (Å²) in [5, 5.41) is 18.9. The predicted octanol–water partition coefficient (Wildman–Crippen LogP) is 2.56. The number of imidazole rings is 1. The Hall–Kier alpha value is -1.08. The van der Waals surface area contributed by atoms with Crippen LogP contribution in [-0.2, 0) is 0 Å². The minimum atomic E-state index is -1.22. The normalized spacial score (nSPS) is 12.6. The Kier molecular flexibility index (Phi) is 3.39. The van der Waals surface area contributed by atoms with Crippen molar-refractivity contribution in [1.29, 1.82) is 0 Å². The molecule has 0 fully saturated rings. The highest BCUT2D eigenvalue weighted by atomic mass is 35.5. The summed E-state index contributed by atoms with van der Waals surface area (Å²) in [5.41, 5.74) is 0.193. The van der Waals surface area contributed by atoms with E-state index in [9.17, 15) is 9.90 Å². The van der Waals surface area contributed by atoms with Crippen LogP contribution < -0.4 is 0 Å². The van der Waals surface area contributed by atoms with E-state index in [1.807, 2.05) is 0 Å². The summed E-state index contributed by atoms with van der Waals surface area (Å²) in [6.45, 7) is 0. The third kappa shape index (κ3) is 2.30. The first-order chi connectivity index (χ1) is 8.00. The van der Waals surface area contributed by atoms with Crippen LogP contribution in [0.1, 0.15) is 27.8 Å². The number of carbonyl (C=O) groups is 1. The van der Waals surface area contributed by atoms with Gasteiger partial charge in [0.05, 0.1) is 16.4 Å². The lowest BCUT2D eigenvalue weighted by Gasteiger charge is -2.08. The van der Waals surface area contributed by atoms with Gasteiger partial charge < -0.3 is 15.2 Å². The smallest absolute Gasteiger partial charge is 0.356 e. The van der Waals surface area contributed by atoms with Gasteiger partial charge in [0, 0.05) is 5.56 Å². The number of halogens is 2. The Labute approximate surface area is 110 Å². The van der Waals surface area contributed by atoms with E-state index in [0.29, 0.717) is 14.2 Å². The Morgan fingerprint density at radius 3 is 2.76 bits per heavy atom. The lowest BCUT2D eigenvalue weighted by Crippen LogP contribution is -2.07. The van der Waals surface area contributed by atoms with Crippen LogP contribution in [-0.4, -0.2) is 26.2 Å². The number of aromatic nitrogens is 2. The topological polar surface area (TPSA) is 86.2 Å². The molecule has 0 spiro atoms. The van der Waals surface area contributed by atoms with Gasteiger partial charge in [-0.2, -0.15) is 0 Å². The number of nitrogens with one attached hydrogen (secondary N) is 1. The second kappa shape index (κ2) is 4.66. The highest BCUT2D eigenvalue weighted by molar-refractivity contribution is 7.20. The van der Waals surface area contributed by atoms with Crippen molar-refractivity contribution in [3.8, 4) is 0 Å². The van der Waals surface area contributed by atoms with Crippen molar-refractivity contribution in [3.63, 3.8) is 0 Å². The number of hydrogen-bond donors (Lipinski definition) is 3. The molecule has 0 aromatic carbocycles. The third-order valence-corrected chi connectivity index (χ3v) is 3.64. The minimum Gasteiger partial charge on any atom is -0.476 e. The maximum Gasteiger partial charge on any atom is 0.356 e. The largest absolute Gasteiger partial charge is 0.476 e. The second-order valence-electron chi connectivity index (χ2n) is 3.15. The first-order valence-corrected chi connectivity index (χ1v) is 5.97. The van der Waals surface area contributed by atoms with Crippen molar-refractivity contribution >= 4 is 40.5 Å². The van der Waals surface area contributed by atoms with Gasteiger partial charge in [-0.25, -0.2) is 9.78 Å². The number of thiophene rings is 1. The molecule has 0 aliphatic rings. The number of aromatic amines is 1. The van der Waals surface area contributed by atoms with E-state index >= 15 is 0 Å². The summed E-state index contributed by atoms with van der Waals surface area (Å²) in [4.78, 5) is 17.1. The zero-order valence-corrected chi connectivity index (χ0v) is 10.5. The van der Waals surface area contributed by atoms with E-state index in [1.165, 1.54) is 12.4 Å². The molecule has 2 heterocycles. The molecule has 0 aliphatic heterocycles. The van der Waals surface area contributed by atoms with E-state index in [1.54, 1.807) is 0 Å². The van der Waals surface area contributed by atoms with Crippen molar-refractivity contribution < 1.29 is 15.0 Å². The highest BCUT2D eigenvalue weighted by Gasteiger charge is 2.24. The number of H-pyrrole nitrogens is 1. The van der Waals surface area contributed by atoms with Gasteiger partial charge in [0.2, 0.25) is 0 Å². The van der Waals surface area contributed by atoms with Crippen LogP contribution >= 0.6 is 34.5 Å². The second-order valence-corrected chi connectivity index (χ2v) is 5.44. The summed E-state index contributed by atoms with van der Waals surface area (Å²) < 4.78 is 0.730. The SMILES string of the molecule is O=C(O)c1nc[nH]c1C(O)c1cc(Cl)sc1Cl. The van der Waals surface area contributed by atoms with Gasteiger partial charge in [-0.05, 0) is 6.07 Å². The molecule has 8 heteroatoms. The lowest BCUT2D eigenvalue weighted by molar-refractivity contribution is 0.0685. The summed E-state index contributed by atoms with van der Waals surface area (Å²) in [5.74, 6) is -1.22. The Morgan fingerprint density at radius 1 is 1.53 bits per heavy atom. The number of aliphatic hydroxyl groups is 1. The number of nitrogens with zero attached hydrogens (tertiary/aromatic N) is 1. The molecule has 0 bridgehead atoms. The third-order valence-electron chi connectivity index (χ3n) is 2.12. The molecule has 0 aliphatic carbocycles. The molecule has 0 amide bonds. The number of hydrogen-bond acceptors (Lipinski definition) is 4. The number of rotatable bonds is 3. The van der Waals surface area contributed by atoms with Gasteiger partial charge in [-0.15, -0.1) is 11.3 Å². The maximum atomic E-state index is 10.9. The van der Waals surface area contributed by atoms with Crippen LogP contribution in [0.4, 0.5) is 0 Å². The average Bonchev–Trinajstić information content (AvgIpc) is 2.83. The Balaban J connectivity index is 2.43. The number of carboxylic acid groups (broad SMARTS) is 1. The number of aromatic carboxylic acids is 1. The van der Waals surface area contributed by atoms with Crippen molar-refractivity contribution in [2.24, 2.45) is 0 Å². The molecule has 90 valence electrons. The molecule has 0 saturated heterocycles. The van der Waals surface area contributed by atoms with Crippen LogP contribution in [0.5, 0.6) is 0 Å². The highest BCUT2D eigenvalue weighted by Crippen LogP contribution is 2.37. The van der Waals surface area contributed by atoms with Crippen LogP contribution in [0.25, 0.3) is 0 Å². The average molecular weight is 293 g/mol. The quantitative estimate of drug-likeness (QED) is 0.811. The first kappa shape index (κ1) is 12.4. The lowest BCUT2D eigenvalue weighted by atomic mass is 10.1. The van der Waals surface area contributed by atoms with Crippen LogP contribution in [0.2, 0.25) is 8.67 Å². The van der Waals surface area contributed by atoms with Crippen LogP contribution in [0.15, 0.2) is 12.4 Å². The van der Waals surface area contributed by atoms with E-state index < -0.39 is 12.1 Å². The molecule has 5 nitrogen and oxygen atoms in total. The van der Waals surface area contributed by atoms with Crippen molar-refractivity contribution in [3.05, 3.63) is 38.0 Å². The van der Waals surface area contributed by atoms with Crippen LogP contribution in [0.3, 0.4) is 0 Å². The molecule has 0 saturated carbocycles. The molecule has 17 heavy (non-hydrogen) atoms. The maximum absolute atomic E-state index is 10.9. The van der Waals surface area contributed by atoms with Crippen molar-refractivity contribution in [1.82, 2.24) is 9.97 Å². The van der Waals surface area contributed by atoms with Gasteiger partial charge in [0.15, 0.2) is 5.69 Å². The molecule has 1 atom stereocenters. The molecule has 0 radical (unpaired) electrons. The zero-order chi connectivity index (χ0) is 12.6. The van der Waals surface area contributed by atoms with E-state index in [2.05, 4.69) is 9.97 Å². The summed E-state index contributed by atoms with van der Waals surface area (Å²) in [7, 11) is 0. The fourth-order valence-corrected chi connectivity index (χ4v) is 2.90. The van der Waals surface area contributed by atoms with Gasteiger partial charge in [-0.3, -0.25) is 0 Å². The van der Waals surface area contributed by atoms with Gasteiger partial charge in [0.25, 0.3) is 0 Å². The van der Waals surface area contributed by atoms with E-state index in [4.69, 9.17) is 28.3 Å². The first-order valence-electron chi connectivity index (χ1n) is 4.40. The number of carboxylic acids is 1. The minimum absolute atomic E-state index is 0.0777. The Morgan fingerprint density at radius 2 is 2.24 bits per heavy atom. The van der Waals surface area contributed by atoms with Crippen molar-refractivity contribution in [2.45, 2.75) is 6.10 Å². The van der Waals surface area contributed by atoms with E-state index in [-0.39, 0.29) is 11.4 Å². The zero-order valence-electron chi connectivity index (χ0n) is 8.15. The molecule has 1 unspecified atom stereocenters. The molecule has 3 N–H and O–H groups in total. The molecular formula is C9H6Cl2N2O3S. The fraction of sp³-hybridized carbons (Fsp3) is 0.111. The number of aliphatic hydroxyl groups excluding tert-OH is 1. The molecule has 2 aromatic heterocycles.